The largest absolute Gasteiger partial charge is 0.399 e. The molecule has 6 heteroatoms. The summed E-state index contributed by atoms with van der Waals surface area (Å²) in [5, 5.41) is 0. The molecule has 2 N–H and O–H groups in total. The van der Waals surface area contributed by atoms with Gasteiger partial charge in [-0.05, 0) is 49.9 Å². The van der Waals surface area contributed by atoms with Gasteiger partial charge >= 0.3 is 10.2 Å². The average molecular weight is 295 g/mol. The lowest BCUT2D eigenvalue weighted by Gasteiger charge is -2.35. The summed E-state index contributed by atoms with van der Waals surface area (Å²) in [5.41, 5.74) is 8.28. The van der Waals surface area contributed by atoms with Crippen LogP contribution in [0.15, 0.2) is 18.2 Å². The normalized spacial score (nSPS) is 23.9. The number of nitrogens with zero attached hydrogens (tertiary/aromatic N) is 2. The lowest BCUT2D eigenvalue weighted by Crippen LogP contribution is -2.49. The van der Waals surface area contributed by atoms with Crippen LogP contribution in [-0.4, -0.2) is 31.9 Å². The Morgan fingerprint density at radius 2 is 2.05 bits per heavy atom. The van der Waals surface area contributed by atoms with Gasteiger partial charge in [-0.2, -0.15) is 12.7 Å². The highest BCUT2D eigenvalue weighted by Crippen LogP contribution is 2.34. The van der Waals surface area contributed by atoms with Crippen molar-refractivity contribution in [3.63, 3.8) is 0 Å². The van der Waals surface area contributed by atoms with E-state index in [9.17, 15) is 8.42 Å². The van der Waals surface area contributed by atoms with Gasteiger partial charge in [0.15, 0.2) is 0 Å². The summed E-state index contributed by atoms with van der Waals surface area (Å²) >= 11 is 0. The summed E-state index contributed by atoms with van der Waals surface area (Å²) in [4.78, 5) is 0. The summed E-state index contributed by atoms with van der Waals surface area (Å²) in [7, 11) is -3.41. The van der Waals surface area contributed by atoms with Gasteiger partial charge in [0.25, 0.3) is 0 Å². The fraction of sp³-hybridized carbons (Fsp3) is 0.571. The topological polar surface area (TPSA) is 66.6 Å². The Kier molecular flexibility index (Phi) is 3.38. The van der Waals surface area contributed by atoms with E-state index < -0.39 is 10.2 Å². The Morgan fingerprint density at radius 1 is 1.25 bits per heavy atom. The number of hydrogen-bond acceptors (Lipinski definition) is 3. The Bertz CT molecular complexity index is 615. The van der Waals surface area contributed by atoms with Crippen LogP contribution < -0.4 is 10.0 Å². The molecule has 0 spiro atoms. The molecule has 1 aromatic carbocycles. The third kappa shape index (κ3) is 2.16. The molecule has 0 saturated carbocycles. The monoisotopic (exact) mass is 295 g/mol. The third-order valence-corrected chi connectivity index (χ3v) is 6.34. The van der Waals surface area contributed by atoms with Crippen molar-refractivity contribution in [2.75, 3.05) is 23.1 Å². The molecule has 0 amide bonds. The molecule has 0 bridgehead atoms. The van der Waals surface area contributed by atoms with Crippen molar-refractivity contribution in [1.82, 2.24) is 4.31 Å². The van der Waals surface area contributed by atoms with E-state index in [0.29, 0.717) is 18.8 Å². The zero-order chi connectivity index (χ0) is 14.3. The molecule has 20 heavy (non-hydrogen) atoms. The van der Waals surface area contributed by atoms with Gasteiger partial charge in [-0.25, -0.2) is 0 Å². The molecule has 1 saturated heterocycles. The number of hydrogen-bond donors (Lipinski definition) is 1. The highest BCUT2D eigenvalue weighted by atomic mass is 32.2. The molecule has 0 aromatic heterocycles. The van der Waals surface area contributed by atoms with Gasteiger partial charge in [0, 0.05) is 24.8 Å². The molecule has 110 valence electrons. The molecule has 2 heterocycles. The molecule has 2 aliphatic heterocycles. The van der Waals surface area contributed by atoms with Gasteiger partial charge in [-0.1, -0.05) is 6.42 Å². The molecule has 0 radical (unpaired) electrons. The van der Waals surface area contributed by atoms with E-state index in [1.165, 1.54) is 0 Å². The van der Waals surface area contributed by atoms with Crippen molar-refractivity contribution in [3.8, 4) is 0 Å². The molecular formula is C14H21N3O2S. The van der Waals surface area contributed by atoms with Crippen molar-refractivity contribution in [3.05, 3.63) is 23.8 Å². The maximum Gasteiger partial charge on any atom is 0.304 e. The van der Waals surface area contributed by atoms with Gasteiger partial charge in [-0.3, -0.25) is 4.31 Å². The van der Waals surface area contributed by atoms with Crippen LogP contribution in [-0.2, 0) is 16.6 Å². The van der Waals surface area contributed by atoms with Gasteiger partial charge in [0.1, 0.15) is 0 Å². The highest BCUT2D eigenvalue weighted by molar-refractivity contribution is 7.90. The molecular weight excluding hydrogens is 274 g/mol. The standard InChI is InChI=1S/C14H21N3O2S/c1-11-4-2-3-8-16(11)20(18,19)17-9-7-12-10-13(15)5-6-14(12)17/h5-6,10-11H,2-4,7-9,15H2,1H3. The van der Waals surface area contributed by atoms with Crippen LogP contribution in [0, 0.1) is 0 Å². The Hall–Kier alpha value is -1.27. The quantitative estimate of drug-likeness (QED) is 0.845. The lowest BCUT2D eigenvalue weighted by atomic mass is 10.1. The van der Waals surface area contributed by atoms with Gasteiger partial charge < -0.3 is 5.73 Å². The first-order valence-corrected chi connectivity index (χ1v) is 8.58. The second-order valence-electron chi connectivity index (χ2n) is 5.67. The molecule has 1 unspecified atom stereocenters. The minimum absolute atomic E-state index is 0.0894. The van der Waals surface area contributed by atoms with Crippen LogP contribution in [0.1, 0.15) is 31.7 Å². The van der Waals surface area contributed by atoms with Gasteiger partial charge in [-0.15, -0.1) is 0 Å². The smallest absolute Gasteiger partial charge is 0.304 e. The van der Waals surface area contributed by atoms with E-state index in [-0.39, 0.29) is 6.04 Å². The summed E-state index contributed by atoms with van der Waals surface area (Å²) in [6.45, 7) is 3.14. The van der Waals surface area contributed by atoms with Crippen molar-refractivity contribution in [2.24, 2.45) is 0 Å². The predicted molar refractivity (Wildman–Crippen MR) is 80.8 cm³/mol. The minimum Gasteiger partial charge on any atom is -0.399 e. The van der Waals surface area contributed by atoms with Crippen LogP contribution in [0.4, 0.5) is 11.4 Å². The lowest BCUT2D eigenvalue weighted by molar-refractivity contribution is 0.268. The van der Waals surface area contributed by atoms with Crippen LogP contribution in [0.2, 0.25) is 0 Å². The average Bonchev–Trinajstić information content (AvgIpc) is 2.82. The van der Waals surface area contributed by atoms with E-state index in [2.05, 4.69) is 0 Å². The van der Waals surface area contributed by atoms with Gasteiger partial charge in [0.05, 0.1) is 5.69 Å². The highest BCUT2D eigenvalue weighted by Gasteiger charge is 2.37. The van der Waals surface area contributed by atoms with Gasteiger partial charge in [0.2, 0.25) is 0 Å². The van der Waals surface area contributed by atoms with E-state index in [0.717, 1.165) is 36.9 Å². The summed E-state index contributed by atoms with van der Waals surface area (Å²) in [5.74, 6) is 0. The van der Waals surface area contributed by atoms with Crippen molar-refractivity contribution in [2.45, 2.75) is 38.6 Å². The van der Waals surface area contributed by atoms with Crippen LogP contribution in [0.25, 0.3) is 0 Å². The number of rotatable bonds is 2. The summed E-state index contributed by atoms with van der Waals surface area (Å²) < 4.78 is 28.9. The summed E-state index contributed by atoms with van der Waals surface area (Å²) in [6.07, 6.45) is 3.75. The maximum atomic E-state index is 12.9. The van der Waals surface area contributed by atoms with Crippen molar-refractivity contribution >= 4 is 21.6 Å². The van der Waals surface area contributed by atoms with E-state index in [1.54, 1.807) is 14.7 Å². The van der Waals surface area contributed by atoms with Crippen LogP contribution >= 0.6 is 0 Å². The second kappa shape index (κ2) is 4.93. The van der Waals surface area contributed by atoms with E-state index >= 15 is 0 Å². The number of piperidine rings is 1. The Balaban J connectivity index is 1.94. The minimum atomic E-state index is -3.41. The molecule has 5 nitrogen and oxygen atoms in total. The first-order chi connectivity index (χ1) is 9.50. The molecule has 0 aliphatic carbocycles. The zero-order valence-corrected chi connectivity index (χ0v) is 12.6. The molecule has 1 atom stereocenters. The third-order valence-electron chi connectivity index (χ3n) is 4.27. The molecule has 1 aromatic rings. The number of fused-ring (bicyclic) bond motifs is 1. The van der Waals surface area contributed by atoms with E-state index in [1.807, 2.05) is 19.1 Å². The zero-order valence-electron chi connectivity index (χ0n) is 11.7. The number of benzene rings is 1. The number of nitrogen functional groups attached to an aromatic ring is 1. The molecule has 1 fully saturated rings. The van der Waals surface area contributed by atoms with Crippen molar-refractivity contribution < 1.29 is 8.42 Å². The van der Waals surface area contributed by atoms with Crippen LogP contribution in [0.3, 0.4) is 0 Å². The number of anilines is 2. The molecule has 2 aliphatic rings. The predicted octanol–water partition coefficient (Wildman–Crippen LogP) is 1.75. The second-order valence-corrected chi connectivity index (χ2v) is 7.48. The van der Waals surface area contributed by atoms with Crippen LogP contribution in [0.5, 0.6) is 0 Å². The Morgan fingerprint density at radius 3 is 2.80 bits per heavy atom. The SMILES string of the molecule is CC1CCCCN1S(=O)(=O)N1CCc2cc(N)ccc21. The fourth-order valence-electron chi connectivity index (χ4n) is 3.17. The fourth-order valence-corrected chi connectivity index (χ4v) is 5.09. The first-order valence-electron chi connectivity index (χ1n) is 7.18. The molecule has 3 rings (SSSR count). The number of nitrogens with two attached hydrogens (primary N) is 1. The first kappa shape index (κ1) is 13.7. The maximum absolute atomic E-state index is 12.9. The Labute approximate surface area is 120 Å². The summed E-state index contributed by atoms with van der Waals surface area (Å²) in [6, 6.07) is 5.56. The van der Waals surface area contributed by atoms with E-state index in [4.69, 9.17) is 5.73 Å². The van der Waals surface area contributed by atoms with Crippen molar-refractivity contribution in [1.29, 1.82) is 0 Å².